The van der Waals surface area contributed by atoms with Gasteiger partial charge < -0.3 is 5.32 Å². The number of carbonyl (C=O) groups excluding carboxylic acids is 2. The Kier molecular flexibility index (Phi) is 6.61. The first-order valence-electron chi connectivity index (χ1n) is 10.1. The maximum Gasteiger partial charge on any atom is 0.321 e. The van der Waals surface area contributed by atoms with Crippen LogP contribution in [0.15, 0.2) is 59.8 Å². The molecule has 2 N–H and O–H groups in total. The number of thioether (sulfide) groups is 1. The molecule has 0 atom stereocenters. The molecule has 160 valence electrons. The van der Waals surface area contributed by atoms with Crippen molar-refractivity contribution in [2.45, 2.75) is 36.9 Å². The Hall–Kier alpha value is -3.20. The highest BCUT2D eigenvalue weighted by molar-refractivity contribution is 7.99. The Balaban J connectivity index is 1.48. The standard InChI is InChI=1S/C22H22FN5O2S/c23-16-10-12-18(13-11-16)28-20(15-6-2-1-3-7-15)26-27-22(28)31-14-19(29)25-21(30)24-17-8-4-5-9-17/h1-3,6-7,10-13,17H,4-5,8-9,14H2,(H2,24,25,29,30). The van der Waals surface area contributed by atoms with E-state index in [1.54, 1.807) is 16.7 Å². The summed E-state index contributed by atoms with van der Waals surface area (Å²) in [5.74, 6) is -0.198. The number of hydrogen-bond acceptors (Lipinski definition) is 5. The Morgan fingerprint density at radius 1 is 1.03 bits per heavy atom. The Bertz CT molecular complexity index is 1050. The van der Waals surface area contributed by atoms with Gasteiger partial charge in [0.15, 0.2) is 11.0 Å². The SMILES string of the molecule is O=C(CSc1nnc(-c2ccccc2)n1-c1ccc(F)cc1)NC(=O)NC1CCCC1. The molecule has 0 saturated heterocycles. The highest BCUT2D eigenvalue weighted by atomic mass is 32.2. The van der Waals surface area contributed by atoms with Crippen molar-refractivity contribution < 1.29 is 14.0 Å². The van der Waals surface area contributed by atoms with Gasteiger partial charge in [0.2, 0.25) is 5.91 Å². The average molecular weight is 440 g/mol. The first-order valence-corrected chi connectivity index (χ1v) is 11.1. The molecule has 4 rings (SSSR count). The highest BCUT2D eigenvalue weighted by Crippen LogP contribution is 2.28. The van der Waals surface area contributed by atoms with Gasteiger partial charge in [0.25, 0.3) is 0 Å². The quantitative estimate of drug-likeness (QED) is 0.568. The predicted octanol–water partition coefficient (Wildman–Crippen LogP) is 3.93. The smallest absolute Gasteiger partial charge is 0.321 e. The zero-order chi connectivity index (χ0) is 21.6. The minimum atomic E-state index is -0.470. The van der Waals surface area contributed by atoms with Crippen LogP contribution < -0.4 is 10.6 Å². The molecule has 9 heteroatoms. The van der Waals surface area contributed by atoms with Gasteiger partial charge in [-0.15, -0.1) is 10.2 Å². The second-order valence-corrected chi connectivity index (χ2v) is 8.22. The van der Waals surface area contributed by atoms with E-state index in [4.69, 9.17) is 0 Å². The molecule has 0 spiro atoms. The van der Waals surface area contributed by atoms with Gasteiger partial charge in [-0.2, -0.15) is 0 Å². The van der Waals surface area contributed by atoms with Crippen LogP contribution in [0.1, 0.15) is 25.7 Å². The number of amides is 3. The number of hydrogen-bond donors (Lipinski definition) is 2. The van der Waals surface area contributed by atoms with Gasteiger partial charge in [0, 0.05) is 17.3 Å². The van der Waals surface area contributed by atoms with Gasteiger partial charge in [0.05, 0.1) is 5.75 Å². The summed E-state index contributed by atoms with van der Waals surface area (Å²) in [6.07, 6.45) is 4.08. The number of benzene rings is 2. The van der Waals surface area contributed by atoms with Crippen molar-refractivity contribution in [1.29, 1.82) is 0 Å². The maximum atomic E-state index is 13.4. The summed E-state index contributed by atoms with van der Waals surface area (Å²) in [4.78, 5) is 24.3. The van der Waals surface area contributed by atoms with Crippen molar-refractivity contribution in [3.8, 4) is 17.1 Å². The van der Waals surface area contributed by atoms with Crippen molar-refractivity contribution in [2.24, 2.45) is 0 Å². The molecule has 0 aliphatic heterocycles. The molecule has 7 nitrogen and oxygen atoms in total. The van der Waals surface area contributed by atoms with Crippen LogP contribution in [0.3, 0.4) is 0 Å². The fourth-order valence-electron chi connectivity index (χ4n) is 3.54. The van der Waals surface area contributed by atoms with E-state index < -0.39 is 11.9 Å². The van der Waals surface area contributed by atoms with E-state index in [0.29, 0.717) is 16.7 Å². The first-order chi connectivity index (χ1) is 15.1. The van der Waals surface area contributed by atoms with Gasteiger partial charge in [0.1, 0.15) is 5.82 Å². The summed E-state index contributed by atoms with van der Waals surface area (Å²) >= 11 is 1.16. The Morgan fingerprint density at radius 3 is 2.45 bits per heavy atom. The number of aromatic nitrogens is 3. The molecule has 31 heavy (non-hydrogen) atoms. The van der Waals surface area contributed by atoms with E-state index in [1.165, 1.54) is 12.1 Å². The summed E-state index contributed by atoms with van der Waals surface area (Å²) in [7, 11) is 0. The second kappa shape index (κ2) is 9.74. The van der Waals surface area contributed by atoms with Crippen LogP contribution in [0.2, 0.25) is 0 Å². The zero-order valence-electron chi connectivity index (χ0n) is 16.8. The molecular formula is C22H22FN5O2S. The third-order valence-corrected chi connectivity index (χ3v) is 5.95. The summed E-state index contributed by atoms with van der Waals surface area (Å²) in [5, 5.41) is 14.2. The fourth-order valence-corrected chi connectivity index (χ4v) is 4.30. The zero-order valence-corrected chi connectivity index (χ0v) is 17.6. The van der Waals surface area contributed by atoms with Crippen molar-refractivity contribution in [3.05, 3.63) is 60.4 Å². The van der Waals surface area contributed by atoms with E-state index in [-0.39, 0.29) is 17.6 Å². The lowest BCUT2D eigenvalue weighted by atomic mass is 10.2. The molecule has 0 bridgehead atoms. The molecule has 3 amide bonds. The van der Waals surface area contributed by atoms with Crippen LogP contribution >= 0.6 is 11.8 Å². The Morgan fingerprint density at radius 2 is 1.74 bits per heavy atom. The van der Waals surface area contributed by atoms with Crippen LogP contribution in [-0.4, -0.2) is 38.5 Å². The van der Waals surface area contributed by atoms with Crippen LogP contribution in [-0.2, 0) is 4.79 Å². The lowest BCUT2D eigenvalue weighted by Gasteiger charge is -2.12. The fraction of sp³-hybridized carbons (Fsp3) is 0.273. The molecule has 1 fully saturated rings. The van der Waals surface area contributed by atoms with Gasteiger partial charge in [-0.1, -0.05) is 54.9 Å². The molecule has 1 aromatic heterocycles. The van der Waals surface area contributed by atoms with Crippen molar-refractivity contribution in [1.82, 2.24) is 25.4 Å². The minimum Gasteiger partial charge on any atom is -0.335 e. The molecule has 1 aliphatic rings. The normalized spacial score (nSPS) is 13.8. The van der Waals surface area contributed by atoms with Crippen LogP contribution in [0.4, 0.5) is 9.18 Å². The summed E-state index contributed by atoms with van der Waals surface area (Å²) in [6, 6.07) is 15.1. The van der Waals surface area contributed by atoms with Crippen LogP contribution in [0.5, 0.6) is 0 Å². The average Bonchev–Trinajstić information content (AvgIpc) is 3.43. The lowest BCUT2D eigenvalue weighted by Crippen LogP contribution is -2.44. The molecular weight excluding hydrogens is 417 g/mol. The highest BCUT2D eigenvalue weighted by Gasteiger charge is 2.20. The van der Waals surface area contributed by atoms with Crippen molar-refractivity contribution in [3.63, 3.8) is 0 Å². The number of rotatable bonds is 6. The number of nitrogens with zero attached hydrogens (tertiary/aromatic N) is 3. The van der Waals surface area contributed by atoms with Crippen LogP contribution in [0, 0.1) is 5.82 Å². The summed E-state index contributed by atoms with van der Waals surface area (Å²) in [5.41, 5.74) is 1.51. The molecule has 0 radical (unpaired) electrons. The summed E-state index contributed by atoms with van der Waals surface area (Å²) in [6.45, 7) is 0. The van der Waals surface area contributed by atoms with Crippen molar-refractivity contribution >= 4 is 23.7 Å². The molecule has 1 aliphatic carbocycles. The van der Waals surface area contributed by atoms with Gasteiger partial charge in [-0.25, -0.2) is 9.18 Å². The minimum absolute atomic E-state index is 0.00773. The monoisotopic (exact) mass is 439 g/mol. The Labute approximate surface area is 183 Å². The number of imide groups is 1. The molecule has 1 heterocycles. The largest absolute Gasteiger partial charge is 0.335 e. The molecule has 1 saturated carbocycles. The lowest BCUT2D eigenvalue weighted by molar-refractivity contribution is -0.117. The van der Waals surface area contributed by atoms with E-state index in [9.17, 15) is 14.0 Å². The topological polar surface area (TPSA) is 88.9 Å². The third kappa shape index (κ3) is 5.29. The predicted molar refractivity (Wildman–Crippen MR) is 116 cm³/mol. The molecule has 0 unspecified atom stereocenters. The first kappa shape index (κ1) is 21.0. The number of urea groups is 1. The van der Waals surface area contributed by atoms with Gasteiger partial charge >= 0.3 is 6.03 Å². The third-order valence-electron chi connectivity index (χ3n) is 5.03. The maximum absolute atomic E-state index is 13.4. The van der Waals surface area contributed by atoms with Crippen LogP contribution in [0.25, 0.3) is 17.1 Å². The van der Waals surface area contributed by atoms with E-state index in [1.807, 2.05) is 30.3 Å². The van der Waals surface area contributed by atoms with E-state index in [2.05, 4.69) is 20.8 Å². The number of halogens is 1. The van der Waals surface area contributed by atoms with E-state index in [0.717, 1.165) is 43.0 Å². The van der Waals surface area contributed by atoms with Gasteiger partial charge in [-0.05, 0) is 37.1 Å². The molecule has 2 aromatic carbocycles. The second-order valence-electron chi connectivity index (χ2n) is 7.28. The number of carbonyl (C=O) groups is 2. The number of nitrogens with one attached hydrogen (secondary N) is 2. The van der Waals surface area contributed by atoms with Gasteiger partial charge in [-0.3, -0.25) is 14.7 Å². The van der Waals surface area contributed by atoms with E-state index >= 15 is 0 Å². The summed E-state index contributed by atoms with van der Waals surface area (Å²) < 4.78 is 15.2. The van der Waals surface area contributed by atoms with Crippen molar-refractivity contribution in [2.75, 3.05) is 5.75 Å². The molecule has 3 aromatic rings.